The molecule has 0 amide bonds. The molecule has 0 aromatic heterocycles. The molecule has 0 aliphatic rings. The zero-order valence-corrected chi connectivity index (χ0v) is 9.09. The Kier molecular flexibility index (Phi) is 3.87. The van der Waals surface area contributed by atoms with Crippen LogP contribution >= 0.6 is 0 Å². The molecule has 0 aliphatic carbocycles. The number of nitro groups is 3. The molecule has 0 radical (unpaired) electrons. The Labute approximate surface area is 100 Å². The van der Waals surface area contributed by atoms with Gasteiger partial charge in [0.05, 0.1) is 0 Å². The summed E-state index contributed by atoms with van der Waals surface area (Å²) in [6.07, 6.45) is -0.630. The average Bonchev–Trinajstić information content (AvgIpc) is 2.28. The van der Waals surface area contributed by atoms with Gasteiger partial charge in [0.25, 0.3) is 0 Å². The first kappa shape index (κ1) is 13.5. The van der Waals surface area contributed by atoms with Crippen molar-refractivity contribution in [1.29, 1.82) is 0 Å². The Bertz CT molecular complexity index is 460. The predicted octanol–water partition coefficient (Wildman–Crippen LogP) is 0.755. The van der Waals surface area contributed by atoms with Crippen LogP contribution in [-0.2, 0) is 6.42 Å². The van der Waals surface area contributed by atoms with Crippen molar-refractivity contribution in [2.75, 3.05) is 6.54 Å². The van der Waals surface area contributed by atoms with Crippen molar-refractivity contribution >= 4 is 0 Å². The SMILES string of the molecule is O=[N+]([O-])CC(Cc1ccccc1)([N+](=O)[O-])[N+](=O)[O-]. The molecule has 0 fully saturated rings. The van der Waals surface area contributed by atoms with E-state index in [9.17, 15) is 30.3 Å². The fourth-order valence-electron chi connectivity index (χ4n) is 1.50. The minimum absolute atomic E-state index is 0.299. The van der Waals surface area contributed by atoms with Gasteiger partial charge in [-0.2, -0.15) is 0 Å². The molecule has 0 N–H and O–H groups in total. The number of benzene rings is 1. The third kappa shape index (κ3) is 2.75. The van der Waals surface area contributed by atoms with Gasteiger partial charge in [-0.1, -0.05) is 30.3 Å². The summed E-state index contributed by atoms with van der Waals surface area (Å²) < 4.78 is 0. The van der Waals surface area contributed by atoms with E-state index in [1.807, 2.05) is 0 Å². The van der Waals surface area contributed by atoms with Gasteiger partial charge >= 0.3 is 12.2 Å². The van der Waals surface area contributed by atoms with Crippen molar-refractivity contribution < 1.29 is 14.8 Å². The van der Waals surface area contributed by atoms with Crippen LogP contribution in [0, 0.1) is 30.3 Å². The van der Waals surface area contributed by atoms with E-state index in [4.69, 9.17) is 0 Å². The molecule has 18 heavy (non-hydrogen) atoms. The number of nitrogens with zero attached hydrogens (tertiary/aromatic N) is 3. The van der Waals surface area contributed by atoms with Crippen LogP contribution in [0.3, 0.4) is 0 Å². The molecule has 1 rings (SSSR count). The molecule has 0 unspecified atom stereocenters. The minimum atomic E-state index is -2.83. The first-order valence-electron chi connectivity index (χ1n) is 4.83. The zero-order valence-electron chi connectivity index (χ0n) is 9.09. The highest BCUT2D eigenvalue weighted by Crippen LogP contribution is 2.18. The summed E-state index contributed by atoms with van der Waals surface area (Å²) in [5, 5.41) is 32.1. The lowest BCUT2D eigenvalue weighted by Crippen LogP contribution is -2.53. The zero-order chi connectivity index (χ0) is 13.8. The molecule has 9 heteroatoms. The molecule has 0 bridgehead atoms. The molecular weight excluding hydrogens is 246 g/mol. The maximum absolute atomic E-state index is 10.9. The quantitative estimate of drug-likeness (QED) is 0.419. The molecule has 0 aliphatic heterocycles. The van der Waals surface area contributed by atoms with Crippen molar-refractivity contribution in [2.45, 2.75) is 12.1 Å². The lowest BCUT2D eigenvalue weighted by molar-refractivity contribution is -0.819. The first-order chi connectivity index (χ1) is 8.38. The van der Waals surface area contributed by atoms with Gasteiger partial charge in [0.1, 0.15) is 16.3 Å². The number of hydrogen-bond acceptors (Lipinski definition) is 6. The van der Waals surface area contributed by atoms with Gasteiger partial charge in [0, 0.05) is 4.92 Å². The van der Waals surface area contributed by atoms with Crippen LogP contribution in [0.15, 0.2) is 30.3 Å². The molecule has 96 valence electrons. The van der Waals surface area contributed by atoms with E-state index in [0.29, 0.717) is 5.56 Å². The molecule has 9 nitrogen and oxygen atoms in total. The van der Waals surface area contributed by atoms with E-state index < -0.39 is 33.4 Å². The maximum Gasteiger partial charge on any atom is 0.523 e. The third-order valence-corrected chi connectivity index (χ3v) is 2.39. The molecule has 1 aromatic rings. The largest absolute Gasteiger partial charge is 0.523 e. The van der Waals surface area contributed by atoms with Crippen LogP contribution < -0.4 is 0 Å². The monoisotopic (exact) mass is 255 g/mol. The van der Waals surface area contributed by atoms with Gasteiger partial charge in [-0.15, -0.1) is 0 Å². The van der Waals surface area contributed by atoms with Gasteiger partial charge in [-0.05, 0) is 5.56 Å². The summed E-state index contributed by atoms with van der Waals surface area (Å²) in [6, 6.07) is 7.62. The molecule has 0 heterocycles. The van der Waals surface area contributed by atoms with Crippen LogP contribution in [0.2, 0.25) is 0 Å². The summed E-state index contributed by atoms with van der Waals surface area (Å²) >= 11 is 0. The minimum Gasteiger partial charge on any atom is -0.264 e. The van der Waals surface area contributed by atoms with Crippen molar-refractivity contribution in [2.24, 2.45) is 0 Å². The fraction of sp³-hybridized carbons (Fsp3) is 0.333. The lowest BCUT2D eigenvalue weighted by Gasteiger charge is -2.13. The highest BCUT2D eigenvalue weighted by atomic mass is 16.7. The first-order valence-corrected chi connectivity index (χ1v) is 4.83. The number of rotatable bonds is 6. The second kappa shape index (κ2) is 5.17. The second-order valence-corrected chi connectivity index (χ2v) is 3.65. The Hall–Kier alpha value is -2.58. The number of hydrogen-bond donors (Lipinski definition) is 0. The second-order valence-electron chi connectivity index (χ2n) is 3.65. The van der Waals surface area contributed by atoms with E-state index in [1.165, 1.54) is 12.1 Å². The summed E-state index contributed by atoms with van der Waals surface area (Å²) in [5.74, 6) is 0. The van der Waals surface area contributed by atoms with Crippen LogP contribution in [0.25, 0.3) is 0 Å². The van der Waals surface area contributed by atoms with Crippen LogP contribution in [0.1, 0.15) is 5.56 Å². The van der Waals surface area contributed by atoms with Crippen molar-refractivity contribution in [1.82, 2.24) is 0 Å². The Morgan fingerprint density at radius 3 is 1.83 bits per heavy atom. The average molecular weight is 255 g/mol. The summed E-state index contributed by atoms with van der Waals surface area (Å²) in [6.45, 7) is -1.36. The van der Waals surface area contributed by atoms with E-state index in [2.05, 4.69) is 0 Å². The molecule has 1 aromatic carbocycles. The third-order valence-electron chi connectivity index (χ3n) is 2.39. The van der Waals surface area contributed by atoms with Gasteiger partial charge in [0.2, 0.25) is 0 Å². The molecule has 0 saturated heterocycles. The van der Waals surface area contributed by atoms with Gasteiger partial charge < -0.3 is 0 Å². The summed E-state index contributed by atoms with van der Waals surface area (Å²) in [5.41, 5.74) is -2.53. The highest BCUT2D eigenvalue weighted by molar-refractivity contribution is 5.16. The Morgan fingerprint density at radius 2 is 1.44 bits per heavy atom. The Balaban J connectivity index is 3.14. The topological polar surface area (TPSA) is 129 Å². The van der Waals surface area contributed by atoms with Gasteiger partial charge in [-0.3, -0.25) is 30.3 Å². The lowest BCUT2D eigenvalue weighted by atomic mass is 10.0. The standard InChI is InChI=1S/C9H9N3O6/c13-10(14)7-9(11(15)16,12(17)18)6-8-4-2-1-3-5-8/h1-5H,6-7H2. The van der Waals surface area contributed by atoms with E-state index >= 15 is 0 Å². The van der Waals surface area contributed by atoms with Crippen LogP contribution in [0.4, 0.5) is 0 Å². The summed E-state index contributed by atoms with van der Waals surface area (Å²) in [4.78, 5) is 28.7. The maximum atomic E-state index is 10.9. The van der Waals surface area contributed by atoms with Crippen molar-refractivity contribution in [3.05, 3.63) is 66.2 Å². The fourth-order valence-corrected chi connectivity index (χ4v) is 1.50. The van der Waals surface area contributed by atoms with E-state index in [1.54, 1.807) is 18.2 Å². The smallest absolute Gasteiger partial charge is 0.264 e. The Morgan fingerprint density at radius 1 is 0.944 bits per heavy atom. The molecule has 0 atom stereocenters. The van der Waals surface area contributed by atoms with Gasteiger partial charge in [-0.25, -0.2) is 0 Å². The molecule has 0 spiro atoms. The summed E-state index contributed by atoms with van der Waals surface area (Å²) in [7, 11) is 0. The van der Waals surface area contributed by atoms with Crippen molar-refractivity contribution in [3.8, 4) is 0 Å². The normalized spacial score (nSPS) is 10.9. The van der Waals surface area contributed by atoms with Crippen molar-refractivity contribution in [3.63, 3.8) is 0 Å². The predicted molar refractivity (Wildman–Crippen MR) is 58.7 cm³/mol. The van der Waals surface area contributed by atoms with Crippen LogP contribution in [0.5, 0.6) is 0 Å². The molecule has 0 saturated carbocycles. The molecular formula is C9H9N3O6. The van der Waals surface area contributed by atoms with Gasteiger partial charge in [0.15, 0.2) is 0 Å². The highest BCUT2D eigenvalue weighted by Gasteiger charge is 2.61. The van der Waals surface area contributed by atoms with E-state index in [0.717, 1.165) is 0 Å². The van der Waals surface area contributed by atoms with Crippen LogP contribution in [-0.4, -0.2) is 27.0 Å². The van der Waals surface area contributed by atoms with E-state index in [-0.39, 0.29) is 0 Å².